The molecule has 57 heavy (non-hydrogen) atoms. The summed E-state index contributed by atoms with van der Waals surface area (Å²) in [4.78, 5) is 67.9. The Morgan fingerprint density at radius 3 is 2.40 bits per heavy atom. The summed E-state index contributed by atoms with van der Waals surface area (Å²) in [6.45, 7) is 4.12. The van der Waals surface area contributed by atoms with Crippen molar-refractivity contribution in [2.75, 3.05) is 47.4 Å². The fourth-order valence-electron chi connectivity index (χ4n) is 9.09. The van der Waals surface area contributed by atoms with Gasteiger partial charge in [0, 0.05) is 56.9 Å². The number of hydrogen-bond acceptors (Lipinski definition) is 11. The van der Waals surface area contributed by atoms with Crippen LogP contribution >= 0.6 is 0 Å². The van der Waals surface area contributed by atoms with E-state index in [2.05, 4.69) is 36.4 Å². The van der Waals surface area contributed by atoms with Crippen molar-refractivity contribution in [1.82, 2.24) is 35.1 Å². The summed E-state index contributed by atoms with van der Waals surface area (Å²) >= 11 is 0. The number of aromatic nitrogens is 4. The van der Waals surface area contributed by atoms with Gasteiger partial charge in [0.25, 0.3) is 11.8 Å². The molecule has 1 unspecified atom stereocenters. The average Bonchev–Trinajstić information content (AvgIpc) is 3.93. The standard InChI is InChI=1S/C42H41FN10O4/c43-26-5-1-4-25(20-26)33-7-3-17-51(33)38-13-12-36-44-22-35(53(36)48-38)32-6-2-8-37(46-32)49-18-15-27(16-19-49)45-28-23-50(24-28)29-9-10-30-31(21-29)42(57)52(41(30)56)34-11-14-39(54)47-40(34)55/h1-2,4-6,8-10,12-13,20-22,27-28,33-34,45H,3,7,11,14-19,23-24H2,(H,47,54,55)/t33-,34?/m1/s1. The van der Waals surface area contributed by atoms with E-state index in [4.69, 9.17) is 10.1 Å². The van der Waals surface area contributed by atoms with Crippen molar-refractivity contribution in [1.29, 1.82) is 0 Å². The molecule has 15 heteroatoms. The van der Waals surface area contributed by atoms with E-state index in [1.165, 1.54) is 6.07 Å². The number of pyridine rings is 1. The Kier molecular flexibility index (Phi) is 8.69. The predicted octanol–water partition coefficient (Wildman–Crippen LogP) is 4.12. The lowest BCUT2D eigenvalue weighted by atomic mass is 10.00. The normalized spacial score (nSPS) is 21.8. The Bertz CT molecular complexity index is 2440. The number of carbonyl (C=O) groups is 4. The molecule has 3 aromatic heterocycles. The van der Waals surface area contributed by atoms with Crippen molar-refractivity contribution in [3.8, 4) is 11.4 Å². The molecule has 14 nitrogen and oxygen atoms in total. The molecule has 5 aliphatic heterocycles. The zero-order valence-electron chi connectivity index (χ0n) is 31.2. The van der Waals surface area contributed by atoms with E-state index in [-0.39, 0.29) is 30.3 Å². The van der Waals surface area contributed by atoms with Crippen LogP contribution in [-0.2, 0) is 9.59 Å². The third-order valence-corrected chi connectivity index (χ3v) is 12.1. The number of imide groups is 2. The van der Waals surface area contributed by atoms with Gasteiger partial charge in [-0.1, -0.05) is 18.2 Å². The molecule has 0 aliphatic carbocycles. The molecule has 290 valence electrons. The number of nitrogens with zero attached hydrogens (tertiary/aromatic N) is 8. The Morgan fingerprint density at radius 2 is 1.58 bits per heavy atom. The number of benzene rings is 2. The molecule has 10 rings (SSSR count). The van der Waals surface area contributed by atoms with E-state index in [1.54, 1.807) is 24.3 Å². The van der Waals surface area contributed by atoms with Crippen LogP contribution in [-0.4, -0.2) is 99.0 Å². The summed E-state index contributed by atoms with van der Waals surface area (Å²) < 4.78 is 16.0. The topological polar surface area (TPSA) is 148 Å². The molecule has 4 fully saturated rings. The molecule has 4 amide bonds. The first-order valence-corrected chi connectivity index (χ1v) is 19.7. The number of halogens is 1. The van der Waals surface area contributed by atoms with Gasteiger partial charge in [-0.2, -0.15) is 0 Å². The van der Waals surface area contributed by atoms with Crippen LogP contribution in [0.3, 0.4) is 0 Å². The van der Waals surface area contributed by atoms with Crippen LogP contribution in [0.25, 0.3) is 17.0 Å². The summed E-state index contributed by atoms with van der Waals surface area (Å²) in [5.41, 5.74) is 4.74. The largest absolute Gasteiger partial charge is 0.368 e. The molecule has 5 aromatic rings. The molecule has 0 bridgehead atoms. The van der Waals surface area contributed by atoms with Gasteiger partial charge in [0.05, 0.1) is 29.1 Å². The highest BCUT2D eigenvalue weighted by Crippen LogP contribution is 2.36. The summed E-state index contributed by atoms with van der Waals surface area (Å²) in [5.74, 6) is -0.483. The van der Waals surface area contributed by atoms with E-state index < -0.39 is 29.7 Å². The van der Waals surface area contributed by atoms with E-state index in [1.807, 2.05) is 47.1 Å². The van der Waals surface area contributed by atoms with Crippen molar-refractivity contribution in [2.24, 2.45) is 0 Å². The molecule has 0 spiro atoms. The summed E-state index contributed by atoms with van der Waals surface area (Å²) in [5, 5.41) is 11.1. The molecule has 8 heterocycles. The van der Waals surface area contributed by atoms with Gasteiger partial charge < -0.3 is 20.0 Å². The first kappa shape index (κ1) is 35.2. The smallest absolute Gasteiger partial charge is 0.262 e. The molecule has 0 saturated carbocycles. The van der Waals surface area contributed by atoms with E-state index in [0.29, 0.717) is 17.6 Å². The van der Waals surface area contributed by atoms with Gasteiger partial charge in [0.15, 0.2) is 5.65 Å². The number of nitrogens with one attached hydrogen (secondary N) is 2. The maximum atomic E-state index is 14.1. The second-order valence-corrected chi connectivity index (χ2v) is 15.6. The Labute approximate surface area is 327 Å². The first-order valence-electron chi connectivity index (χ1n) is 19.7. The SMILES string of the molecule is O=C1CCC(N2C(=O)c3ccc(N4CC(NC5CCN(c6cccc(-c7cnc8ccc(N9CCC[C@@H]9c9cccc(F)c9)nn78)n6)CC5)C4)cc3C2=O)C(=O)N1. The van der Waals surface area contributed by atoms with E-state index >= 15 is 0 Å². The Morgan fingerprint density at radius 1 is 0.754 bits per heavy atom. The van der Waals surface area contributed by atoms with Crippen LogP contribution < -0.4 is 25.3 Å². The molecular formula is C42H41FN10O4. The highest BCUT2D eigenvalue weighted by atomic mass is 19.1. The molecular weight excluding hydrogens is 728 g/mol. The second-order valence-electron chi connectivity index (χ2n) is 15.6. The number of fused-ring (bicyclic) bond motifs is 2. The van der Waals surface area contributed by atoms with Gasteiger partial charge in [-0.25, -0.2) is 18.9 Å². The van der Waals surface area contributed by atoms with Gasteiger partial charge in [0.1, 0.15) is 29.2 Å². The lowest BCUT2D eigenvalue weighted by Gasteiger charge is -2.44. The van der Waals surface area contributed by atoms with Crippen molar-refractivity contribution in [2.45, 2.75) is 62.7 Å². The maximum Gasteiger partial charge on any atom is 0.262 e. The number of amides is 4. The molecule has 4 saturated heterocycles. The fourth-order valence-corrected chi connectivity index (χ4v) is 9.09. The van der Waals surface area contributed by atoms with Gasteiger partial charge in [-0.05, 0) is 92.3 Å². The van der Waals surface area contributed by atoms with Gasteiger partial charge in [0.2, 0.25) is 11.8 Å². The summed E-state index contributed by atoms with van der Waals surface area (Å²) in [6.07, 6.45) is 5.92. The minimum atomic E-state index is -0.977. The Hall–Kier alpha value is -6.22. The van der Waals surface area contributed by atoms with Crippen LogP contribution in [0.5, 0.6) is 0 Å². The van der Waals surface area contributed by atoms with Gasteiger partial charge in [-0.3, -0.25) is 29.4 Å². The number of rotatable bonds is 8. The second kappa shape index (κ2) is 14.1. The Balaban J connectivity index is 0.755. The zero-order valence-corrected chi connectivity index (χ0v) is 31.2. The van der Waals surface area contributed by atoms with E-state index in [9.17, 15) is 23.6 Å². The number of anilines is 3. The minimum absolute atomic E-state index is 0.0612. The van der Waals surface area contributed by atoms with Crippen molar-refractivity contribution in [3.05, 3.63) is 102 Å². The average molecular weight is 769 g/mol. The third kappa shape index (κ3) is 6.35. The summed E-state index contributed by atoms with van der Waals surface area (Å²) in [6, 6.07) is 21.9. The van der Waals surface area contributed by atoms with Crippen molar-refractivity contribution in [3.63, 3.8) is 0 Å². The van der Waals surface area contributed by atoms with Gasteiger partial charge >= 0.3 is 0 Å². The van der Waals surface area contributed by atoms with Crippen LogP contribution in [0, 0.1) is 5.82 Å². The lowest BCUT2D eigenvalue weighted by molar-refractivity contribution is -0.136. The van der Waals surface area contributed by atoms with Crippen LogP contribution in [0.4, 0.5) is 21.7 Å². The maximum absolute atomic E-state index is 14.1. The molecule has 5 aliphatic rings. The fraction of sp³-hybridized carbons (Fsp3) is 0.357. The highest BCUT2D eigenvalue weighted by molar-refractivity contribution is 6.23. The number of piperidine rings is 2. The monoisotopic (exact) mass is 768 g/mol. The highest BCUT2D eigenvalue weighted by Gasteiger charge is 2.45. The van der Waals surface area contributed by atoms with Crippen LogP contribution in [0.1, 0.15) is 70.8 Å². The quantitative estimate of drug-likeness (QED) is 0.220. The summed E-state index contributed by atoms with van der Waals surface area (Å²) in [7, 11) is 0. The first-order chi connectivity index (χ1) is 27.8. The minimum Gasteiger partial charge on any atom is -0.368 e. The van der Waals surface area contributed by atoms with Gasteiger partial charge in [-0.15, -0.1) is 5.10 Å². The number of carbonyl (C=O) groups excluding carboxylic acids is 4. The molecule has 2 aromatic carbocycles. The third-order valence-electron chi connectivity index (χ3n) is 12.1. The van der Waals surface area contributed by atoms with E-state index in [0.717, 1.165) is 103 Å². The zero-order chi connectivity index (χ0) is 38.8. The van der Waals surface area contributed by atoms with Crippen molar-refractivity contribution < 1.29 is 23.6 Å². The molecule has 2 atom stereocenters. The molecule has 2 N–H and O–H groups in total. The van der Waals surface area contributed by atoms with Crippen LogP contribution in [0.15, 0.2) is 79.0 Å². The number of hydrogen-bond donors (Lipinski definition) is 2. The number of imidazole rings is 1. The molecule has 0 radical (unpaired) electrons. The van der Waals surface area contributed by atoms with Crippen molar-refractivity contribution >= 4 is 46.6 Å². The van der Waals surface area contributed by atoms with Crippen LogP contribution in [0.2, 0.25) is 0 Å². The predicted molar refractivity (Wildman–Crippen MR) is 209 cm³/mol. The lowest BCUT2D eigenvalue weighted by Crippen LogP contribution is -2.61.